The molecule has 174 valence electrons. The van der Waals surface area contributed by atoms with Gasteiger partial charge in [0, 0.05) is 11.6 Å². The molecule has 2 aromatic rings. The third kappa shape index (κ3) is 5.28. The molecule has 3 rings (SSSR count). The molecule has 0 radical (unpaired) electrons. The van der Waals surface area contributed by atoms with Gasteiger partial charge in [-0.25, -0.2) is 0 Å². The molecule has 2 aromatic carbocycles. The van der Waals surface area contributed by atoms with Crippen LogP contribution in [0.5, 0.6) is 17.2 Å². The molecule has 1 heterocycles. The van der Waals surface area contributed by atoms with Gasteiger partial charge in [0.15, 0.2) is 11.5 Å². The van der Waals surface area contributed by atoms with E-state index >= 15 is 0 Å². The number of non-ortho nitro benzene ring substituents is 1. The van der Waals surface area contributed by atoms with E-state index in [0.29, 0.717) is 17.5 Å². The number of carbonyl (C=O) groups is 2. The summed E-state index contributed by atoms with van der Waals surface area (Å²) in [7, 11) is 1.26. The highest BCUT2D eigenvalue weighted by atomic mass is 32.2. The largest absolute Gasteiger partial charge is 0.504 e. The normalized spacial score (nSPS) is 14.9. The Labute approximate surface area is 195 Å². The number of amides is 2. The molecule has 0 spiro atoms. The van der Waals surface area contributed by atoms with E-state index in [2.05, 4.69) is 13.8 Å². The lowest BCUT2D eigenvalue weighted by Gasteiger charge is -2.17. The summed E-state index contributed by atoms with van der Waals surface area (Å²) in [5, 5.41) is 21.0. The highest BCUT2D eigenvalue weighted by Gasteiger charge is 2.35. The van der Waals surface area contributed by atoms with E-state index in [9.17, 15) is 24.8 Å². The number of phenolic OH excluding ortho intramolecular Hbond substituents is 1. The molecule has 33 heavy (non-hydrogen) atoms. The molecule has 1 N–H and O–H groups in total. The first-order valence-electron chi connectivity index (χ1n) is 10.2. The molecule has 1 aliphatic rings. The Morgan fingerprint density at radius 3 is 2.58 bits per heavy atom. The number of thioether (sulfide) groups is 1. The van der Waals surface area contributed by atoms with E-state index in [1.165, 1.54) is 13.2 Å². The fourth-order valence-electron chi connectivity index (χ4n) is 3.31. The molecular weight excluding hydrogens is 448 g/mol. The Bertz CT molecular complexity index is 1140. The first kappa shape index (κ1) is 24.1. The number of nitro groups is 1. The zero-order valence-corrected chi connectivity index (χ0v) is 19.5. The number of benzene rings is 2. The van der Waals surface area contributed by atoms with Crippen molar-refractivity contribution >= 4 is 34.7 Å². The van der Waals surface area contributed by atoms with Crippen LogP contribution in [0.4, 0.5) is 10.5 Å². The number of nitro benzene ring substituents is 1. The minimum Gasteiger partial charge on any atom is -0.504 e. The lowest BCUT2D eigenvalue weighted by molar-refractivity contribution is -0.385. The van der Waals surface area contributed by atoms with E-state index in [1.807, 2.05) is 25.1 Å². The van der Waals surface area contributed by atoms with Gasteiger partial charge in [-0.3, -0.25) is 24.6 Å². The monoisotopic (exact) mass is 472 g/mol. The fraction of sp³-hybridized carbons (Fsp3) is 0.304. The average Bonchev–Trinajstić information content (AvgIpc) is 3.02. The number of aryl methyl sites for hydroxylation is 1. The highest BCUT2D eigenvalue weighted by Crippen LogP contribution is 2.39. The lowest BCUT2D eigenvalue weighted by atomic mass is 10.0. The van der Waals surface area contributed by atoms with Gasteiger partial charge in [-0.05, 0) is 47.9 Å². The number of hydrogen-bond donors (Lipinski definition) is 1. The molecule has 1 aliphatic heterocycles. The second kappa shape index (κ2) is 9.95. The predicted molar refractivity (Wildman–Crippen MR) is 125 cm³/mol. The molecular formula is C23H24N2O7S. The molecule has 10 heteroatoms. The van der Waals surface area contributed by atoms with Crippen LogP contribution in [0.25, 0.3) is 6.08 Å². The topological polar surface area (TPSA) is 119 Å². The van der Waals surface area contributed by atoms with Gasteiger partial charge >= 0.3 is 0 Å². The van der Waals surface area contributed by atoms with Crippen LogP contribution in [0.1, 0.15) is 36.5 Å². The smallest absolute Gasteiger partial charge is 0.293 e. The molecule has 0 bridgehead atoms. The lowest BCUT2D eigenvalue weighted by Crippen LogP contribution is -2.32. The molecule has 1 saturated heterocycles. The molecule has 0 atom stereocenters. The Kier molecular flexibility index (Phi) is 7.27. The molecule has 0 saturated carbocycles. The Hall–Kier alpha value is -3.53. The van der Waals surface area contributed by atoms with Crippen molar-refractivity contribution in [3.63, 3.8) is 0 Å². The number of carbonyl (C=O) groups excluding carboxylic acids is 2. The second-order valence-corrected chi connectivity index (χ2v) is 8.71. The Morgan fingerprint density at radius 1 is 1.21 bits per heavy atom. The standard InChI is InChI=1S/C23H24N2O7S/c1-13(2)17-6-5-14(3)9-18(17)32-8-7-24-22(27)20(33-23(24)28)11-15-10-16(25(29)30)12-19(31-4)21(15)26/h5-6,9-13,26H,7-8H2,1-4H3/b20-11-. The van der Waals surface area contributed by atoms with Gasteiger partial charge in [-0.15, -0.1) is 0 Å². The first-order chi connectivity index (χ1) is 15.6. The Morgan fingerprint density at radius 2 is 1.94 bits per heavy atom. The summed E-state index contributed by atoms with van der Waals surface area (Å²) in [4.78, 5) is 36.8. The molecule has 0 aliphatic carbocycles. The molecule has 0 aromatic heterocycles. The van der Waals surface area contributed by atoms with Crippen molar-refractivity contribution in [3.8, 4) is 17.2 Å². The summed E-state index contributed by atoms with van der Waals surface area (Å²) in [6, 6.07) is 8.10. The van der Waals surface area contributed by atoms with Gasteiger partial charge in [-0.2, -0.15) is 0 Å². The van der Waals surface area contributed by atoms with Gasteiger partial charge in [0.2, 0.25) is 0 Å². The van der Waals surface area contributed by atoms with E-state index in [4.69, 9.17) is 9.47 Å². The number of hydrogen-bond acceptors (Lipinski definition) is 8. The minimum absolute atomic E-state index is 0.00383. The quantitative estimate of drug-likeness (QED) is 0.329. The van der Waals surface area contributed by atoms with Crippen LogP contribution < -0.4 is 9.47 Å². The average molecular weight is 473 g/mol. The molecule has 1 fully saturated rings. The first-order valence-corrected chi connectivity index (χ1v) is 11.0. The second-order valence-electron chi connectivity index (χ2n) is 7.72. The van der Waals surface area contributed by atoms with E-state index in [1.54, 1.807) is 0 Å². The van der Waals surface area contributed by atoms with Crippen LogP contribution in [-0.4, -0.2) is 46.3 Å². The zero-order valence-electron chi connectivity index (χ0n) is 18.7. The maximum absolute atomic E-state index is 12.8. The summed E-state index contributed by atoms with van der Waals surface area (Å²) >= 11 is 0.691. The summed E-state index contributed by atoms with van der Waals surface area (Å²) in [6.07, 6.45) is 1.24. The van der Waals surface area contributed by atoms with Gasteiger partial charge in [0.05, 0.1) is 29.5 Å². The number of ether oxygens (including phenoxy) is 2. The van der Waals surface area contributed by atoms with Crippen LogP contribution in [0.15, 0.2) is 35.2 Å². The third-order valence-electron chi connectivity index (χ3n) is 5.04. The van der Waals surface area contributed by atoms with Crippen molar-refractivity contribution < 1.29 is 29.1 Å². The number of rotatable bonds is 8. The number of aromatic hydroxyl groups is 1. The highest BCUT2D eigenvalue weighted by molar-refractivity contribution is 8.18. The SMILES string of the molecule is COc1cc([N+](=O)[O-])cc(/C=C2\SC(=O)N(CCOc3cc(C)ccc3C(C)C)C2=O)c1O. The van der Waals surface area contributed by atoms with E-state index in [-0.39, 0.29) is 46.7 Å². The summed E-state index contributed by atoms with van der Waals surface area (Å²) in [5.41, 5.74) is 1.76. The van der Waals surface area contributed by atoms with Gasteiger partial charge in [0.25, 0.3) is 16.8 Å². The predicted octanol–water partition coefficient (Wildman–Crippen LogP) is 4.86. The molecule has 2 amide bonds. The van der Waals surface area contributed by atoms with Crippen LogP contribution in [-0.2, 0) is 4.79 Å². The van der Waals surface area contributed by atoms with Crippen molar-refractivity contribution in [2.45, 2.75) is 26.7 Å². The maximum Gasteiger partial charge on any atom is 0.293 e. The Balaban J connectivity index is 1.77. The minimum atomic E-state index is -0.640. The van der Waals surface area contributed by atoms with E-state index in [0.717, 1.165) is 28.2 Å². The van der Waals surface area contributed by atoms with Crippen molar-refractivity contribution in [1.82, 2.24) is 4.90 Å². The number of methoxy groups -OCH3 is 1. The fourth-order valence-corrected chi connectivity index (χ4v) is 4.17. The maximum atomic E-state index is 12.8. The summed E-state index contributed by atoms with van der Waals surface area (Å²) in [5.74, 6) is -0.0747. The molecule has 0 unspecified atom stereocenters. The number of phenols is 1. The number of nitrogens with zero attached hydrogens (tertiary/aromatic N) is 2. The van der Waals surface area contributed by atoms with Crippen molar-refractivity contribution in [3.05, 3.63) is 62.0 Å². The van der Waals surface area contributed by atoms with Crippen LogP contribution in [0.3, 0.4) is 0 Å². The van der Waals surface area contributed by atoms with Crippen LogP contribution in [0.2, 0.25) is 0 Å². The number of imide groups is 1. The van der Waals surface area contributed by atoms with Gasteiger partial charge < -0.3 is 14.6 Å². The third-order valence-corrected chi connectivity index (χ3v) is 5.95. The van der Waals surface area contributed by atoms with Crippen molar-refractivity contribution in [2.24, 2.45) is 0 Å². The summed E-state index contributed by atoms with van der Waals surface area (Å²) < 4.78 is 10.8. The van der Waals surface area contributed by atoms with Gasteiger partial charge in [-0.1, -0.05) is 26.0 Å². The van der Waals surface area contributed by atoms with E-state index < -0.39 is 16.1 Å². The van der Waals surface area contributed by atoms with Crippen molar-refractivity contribution in [1.29, 1.82) is 0 Å². The van der Waals surface area contributed by atoms with Crippen molar-refractivity contribution in [2.75, 3.05) is 20.3 Å². The summed E-state index contributed by atoms with van der Waals surface area (Å²) in [6.45, 7) is 6.22. The van der Waals surface area contributed by atoms with Crippen LogP contribution >= 0.6 is 11.8 Å². The zero-order chi connectivity index (χ0) is 24.3. The van der Waals surface area contributed by atoms with Gasteiger partial charge in [0.1, 0.15) is 12.4 Å². The molecule has 9 nitrogen and oxygen atoms in total. The van der Waals surface area contributed by atoms with Crippen LogP contribution in [0, 0.1) is 17.0 Å².